The number of carbonyl (C=O) groups is 2. The van der Waals surface area contributed by atoms with Gasteiger partial charge < -0.3 is 14.6 Å². The van der Waals surface area contributed by atoms with Gasteiger partial charge >= 0.3 is 17.7 Å². The van der Waals surface area contributed by atoms with E-state index < -0.39 is 23.1 Å². The number of carboxylic acid groups (broad SMARTS) is 1. The number of nitro groups is 1. The molecule has 0 spiro atoms. The number of quaternary nitrogens is 1. The average Bonchev–Trinajstić information content (AvgIpc) is 2.59. The second-order valence-electron chi connectivity index (χ2n) is 8.03. The van der Waals surface area contributed by atoms with E-state index in [1.807, 2.05) is 20.8 Å². The lowest BCUT2D eigenvalue weighted by molar-refractivity contribution is -0.876. The lowest BCUT2D eigenvalue weighted by atomic mass is 10.1. The van der Waals surface area contributed by atoms with Crippen molar-refractivity contribution in [2.24, 2.45) is 0 Å². The van der Waals surface area contributed by atoms with Gasteiger partial charge in [0.25, 0.3) is 0 Å². The first-order chi connectivity index (χ1) is 13.0. The van der Waals surface area contributed by atoms with Crippen LogP contribution >= 0.6 is 0 Å². The molecule has 1 aromatic rings. The lowest BCUT2D eigenvalue weighted by Crippen LogP contribution is -2.56. The van der Waals surface area contributed by atoms with Gasteiger partial charge in [-0.05, 0) is 52.2 Å². The summed E-state index contributed by atoms with van der Waals surface area (Å²) in [5.41, 5.74) is -0.347. The van der Waals surface area contributed by atoms with Crippen LogP contribution in [0.5, 0.6) is 5.75 Å². The number of carboxylic acids is 1. The molecule has 1 N–H and O–H groups in total. The quantitative estimate of drug-likeness (QED) is 0.445. The molecule has 9 nitrogen and oxygen atoms in total. The number of hydrogen-bond acceptors (Lipinski definition) is 6. The number of benzene rings is 1. The molecule has 0 radical (unpaired) electrons. The molecule has 0 unspecified atom stereocenters. The van der Waals surface area contributed by atoms with Crippen LogP contribution in [0.3, 0.4) is 0 Å². The highest BCUT2D eigenvalue weighted by Gasteiger charge is 2.42. The van der Waals surface area contributed by atoms with Crippen molar-refractivity contribution in [3.05, 3.63) is 33.9 Å². The Balaban J connectivity index is 2.31. The highest BCUT2D eigenvalue weighted by atomic mass is 16.6. The smallest absolute Gasteiger partial charge is 0.479 e. The zero-order valence-electron chi connectivity index (χ0n) is 16.5. The Morgan fingerprint density at radius 3 is 2.39 bits per heavy atom. The molecule has 1 aromatic carbocycles. The van der Waals surface area contributed by atoms with Gasteiger partial charge in [0.05, 0.1) is 18.0 Å². The molecule has 2 rings (SSSR count). The van der Waals surface area contributed by atoms with Gasteiger partial charge in [0.1, 0.15) is 12.1 Å². The molecule has 154 valence electrons. The first-order valence-electron chi connectivity index (χ1n) is 9.24. The predicted molar refractivity (Wildman–Crippen MR) is 100 cm³/mol. The maximum atomic E-state index is 12.9. The van der Waals surface area contributed by atoms with E-state index in [-0.39, 0.29) is 28.6 Å². The summed E-state index contributed by atoms with van der Waals surface area (Å²) in [6.07, 6.45) is 2.45. The maximum Gasteiger partial charge on any atom is 0.516 e. The van der Waals surface area contributed by atoms with E-state index >= 15 is 0 Å². The Morgan fingerprint density at radius 1 is 1.21 bits per heavy atom. The number of hydrogen-bond donors (Lipinski definition) is 1. The molecule has 1 saturated heterocycles. The summed E-state index contributed by atoms with van der Waals surface area (Å²) in [6.45, 7) is 6.26. The molecule has 0 bridgehead atoms. The summed E-state index contributed by atoms with van der Waals surface area (Å²) in [7, 11) is 0. The molecule has 1 heterocycles. The summed E-state index contributed by atoms with van der Waals surface area (Å²) in [4.78, 5) is 34.4. The molecule has 0 aromatic heterocycles. The van der Waals surface area contributed by atoms with Crippen LogP contribution in [0.4, 0.5) is 10.5 Å². The predicted octanol–water partition coefficient (Wildman–Crippen LogP) is 3.49. The number of nitro benzene ring substituents is 1. The Bertz CT molecular complexity index is 749. The Labute approximate surface area is 163 Å². The van der Waals surface area contributed by atoms with Crippen LogP contribution in [0, 0.1) is 10.1 Å². The number of aliphatic carboxylic acids is 1. The first kappa shape index (κ1) is 21.6. The number of piperidine rings is 1. The van der Waals surface area contributed by atoms with Gasteiger partial charge in [0, 0.05) is 11.6 Å². The zero-order chi connectivity index (χ0) is 20.9. The van der Waals surface area contributed by atoms with Gasteiger partial charge in [-0.15, -0.1) is 0 Å². The van der Waals surface area contributed by atoms with Crippen molar-refractivity contribution in [3.63, 3.8) is 0 Å². The fourth-order valence-corrected chi connectivity index (χ4v) is 3.30. The van der Waals surface area contributed by atoms with Crippen molar-refractivity contribution in [1.82, 2.24) is 0 Å². The van der Waals surface area contributed by atoms with E-state index in [4.69, 9.17) is 14.6 Å². The number of rotatable bonds is 6. The van der Waals surface area contributed by atoms with E-state index in [1.165, 1.54) is 12.1 Å². The third-order valence-corrected chi connectivity index (χ3v) is 4.51. The van der Waals surface area contributed by atoms with Gasteiger partial charge in [-0.25, -0.2) is 9.28 Å². The third kappa shape index (κ3) is 5.66. The van der Waals surface area contributed by atoms with Crippen LogP contribution in [0.15, 0.2) is 18.2 Å². The summed E-state index contributed by atoms with van der Waals surface area (Å²) in [6, 6.07) is 4.35. The molecule has 0 aliphatic carbocycles. The normalized spacial score (nSPS) is 16.2. The minimum atomic E-state index is -1.22. The SMILES string of the molecule is CC(C)(C)OC(=O)[N+]1(Cc2ccc(OCC(=O)O)c([N+](=O)[O-])c2)CCCCC1. The van der Waals surface area contributed by atoms with Gasteiger partial charge in [0.15, 0.2) is 12.4 Å². The van der Waals surface area contributed by atoms with Crippen molar-refractivity contribution in [2.45, 2.75) is 52.2 Å². The van der Waals surface area contributed by atoms with E-state index in [0.717, 1.165) is 19.3 Å². The van der Waals surface area contributed by atoms with Crippen molar-refractivity contribution in [2.75, 3.05) is 19.7 Å². The van der Waals surface area contributed by atoms with Gasteiger partial charge in [-0.3, -0.25) is 10.1 Å². The van der Waals surface area contributed by atoms with Crippen molar-refractivity contribution >= 4 is 17.7 Å². The van der Waals surface area contributed by atoms with Crippen LogP contribution in [0.1, 0.15) is 45.6 Å². The molecule has 1 fully saturated rings. The molecule has 1 aliphatic rings. The Hall–Kier alpha value is -2.68. The molecule has 0 atom stereocenters. The Kier molecular flexibility index (Phi) is 6.60. The molecular weight excluding hydrogens is 368 g/mol. The average molecular weight is 395 g/mol. The minimum absolute atomic E-state index is 0.0871. The van der Waals surface area contributed by atoms with Crippen molar-refractivity contribution < 1.29 is 33.6 Å². The number of carbonyl (C=O) groups excluding carboxylic acids is 1. The summed E-state index contributed by atoms with van der Waals surface area (Å²) in [5, 5.41) is 20.1. The van der Waals surface area contributed by atoms with Gasteiger partial charge in [0.2, 0.25) is 0 Å². The number of likely N-dealkylation sites (tertiary alicyclic amines) is 1. The molecule has 9 heteroatoms. The lowest BCUT2D eigenvalue weighted by Gasteiger charge is -2.39. The van der Waals surface area contributed by atoms with E-state index in [9.17, 15) is 19.7 Å². The molecule has 1 amide bonds. The largest absolute Gasteiger partial charge is 0.516 e. The first-order valence-corrected chi connectivity index (χ1v) is 9.24. The highest BCUT2D eigenvalue weighted by Crippen LogP contribution is 2.32. The van der Waals surface area contributed by atoms with Gasteiger partial charge in [-0.2, -0.15) is 4.79 Å². The van der Waals surface area contributed by atoms with E-state index in [0.29, 0.717) is 18.7 Å². The van der Waals surface area contributed by atoms with Crippen LogP contribution < -0.4 is 4.74 Å². The number of nitrogens with zero attached hydrogens (tertiary/aromatic N) is 2. The summed E-state index contributed by atoms with van der Waals surface area (Å²) < 4.78 is 10.7. The standard InChI is InChI=1S/C19H26N2O7/c1-19(2,3)28-18(24)21(9-5-4-6-10-21)12-14-7-8-16(27-13-17(22)23)15(11-14)20(25)26/h7-8,11H,4-6,9-10,12-13H2,1-3H3/p+1. The van der Waals surface area contributed by atoms with Crippen molar-refractivity contribution in [1.29, 1.82) is 0 Å². The van der Waals surface area contributed by atoms with Gasteiger partial charge in [-0.1, -0.05) is 0 Å². The fraction of sp³-hybridized carbons (Fsp3) is 0.579. The van der Waals surface area contributed by atoms with Crippen LogP contribution in [0.25, 0.3) is 0 Å². The number of ether oxygens (including phenoxy) is 2. The fourth-order valence-electron chi connectivity index (χ4n) is 3.30. The maximum absolute atomic E-state index is 12.9. The molecular formula is C19H27N2O7+. The zero-order valence-corrected chi connectivity index (χ0v) is 16.5. The van der Waals surface area contributed by atoms with Crippen LogP contribution in [-0.4, -0.2) is 51.9 Å². The second-order valence-corrected chi connectivity index (χ2v) is 8.03. The van der Waals surface area contributed by atoms with E-state index in [1.54, 1.807) is 6.07 Å². The van der Waals surface area contributed by atoms with Crippen LogP contribution in [-0.2, 0) is 16.1 Å². The second kappa shape index (κ2) is 8.55. The molecule has 1 aliphatic heterocycles. The van der Waals surface area contributed by atoms with Crippen molar-refractivity contribution in [3.8, 4) is 5.75 Å². The summed E-state index contributed by atoms with van der Waals surface area (Å²) in [5.74, 6) is -1.33. The Morgan fingerprint density at radius 2 is 1.86 bits per heavy atom. The molecule has 0 saturated carbocycles. The highest BCUT2D eigenvalue weighted by molar-refractivity contribution is 5.68. The third-order valence-electron chi connectivity index (χ3n) is 4.51. The summed E-state index contributed by atoms with van der Waals surface area (Å²) >= 11 is 0. The van der Waals surface area contributed by atoms with Crippen LogP contribution in [0.2, 0.25) is 0 Å². The minimum Gasteiger partial charge on any atom is -0.479 e. The topological polar surface area (TPSA) is 116 Å². The monoisotopic (exact) mass is 395 g/mol. The molecule has 28 heavy (non-hydrogen) atoms. The number of amides is 1. The van der Waals surface area contributed by atoms with E-state index in [2.05, 4.69) is 0 Å².